The Balaban J connectivity index is 0.000000856. The van der Waals surface area contributed by atoms with Gasteiger partial charge in [0, 0.05) is 19.5 Å². The summed E-state index contributed by atoms with van der Waals surface area (Å²) < 4.78 is 42.5. The van der Waals surface area contributed by atoms with Crippen LogP contribution in [-0.4, -0.2) is 59.3 Å². The fourth-order valence-corrected chi connectivity index (χ4v) is 2.82. The van der Waals surface area contributed by atoms with E-state index in [4.69, 9.17) is 30.8 Å². The van der Waals surface area contributed by atoms with Gasteiger partial charge in [0.2, 0.25) is 5.91 Å². The predicted molar refractivity (Wildman–Crippen MR) is 125 cm³/mol. The van der Waals surface area contributed by atoms with Crippen LogP contribution < -0.4 is 11.5 Å². The lowest BCUT2D eigenvalue weighted by Gasteiger charge is -2.29. The lowest BCUT2D eigenvalue weighted by Crippen LogP contribution is -2.48. The van der Waals surface area contributed by atoms with Crippen molar-refractivity contribution in [3.05, 3.63) is 71.8 Å². The molecule has 1 atom stereocenters. The molecule has 10 nitrogen and oxygen atoms in total. The van der Waals surface area contributed by atoms with E-state index in [1.54, 1.807) is 0 Å². The molecule has 0 aliphatic rings. The largest absolute Gasteiger partial charge is 0.490 e. The van der Waals surface area contributed by atoms with Crippen molar-refractivity contribution in [3.8, 4) is 0 Å². The van der Waals surface area contributed by atoms with Crippen molar-refractivity contribution >= 4 is 23.9 Å². The maximum atomic E-state index is 12.8. The minimum Gasteiger partial charge on any atom is -0.475 e. The normalized spacial score (nSPS) is 11.4. The number of amides is 2. The van der Waals surface area contributed by atoms with Crippen LogP contribution in [0.4, 0.5) is 18.0 Å². The molecule has 0 radical (unpaired) electrons. The molecule has 0 aromatic heterocycles. The van der Waals surface area contributed by atoms with Crippen molar-refractivity contribution in [2.75, 3.05) is 13.1 Å². The number of carboxylic acid groups (broad SMARTS) is 1. The summed E-state index contributed by atoms with van der Waals surface area (Å²) in [7, 11) is 0. The van der Waals surface area contributed by atoms with E-state index < -0.39 is 36.2 Å². The Labute approximate surface area is 210 Å². The monoisotopic (exact) mass is 527 g/mol. The van der Waals surface area contributed by atoms with Gasteiger partial charge in [-0.3, -0.25) is 9.69 Å². The van der Waals surface area contributed by atoms with Gasteiger partial charge in [-0.1, -0.05) is 60.7 Å². The van der Waals surface area contributed by atoms with Crippen LogP contribution in [0, 0.1) is 0 Å². The average molecular weight is 527 g/mol. The van der Waals surface area contributed by atoms with Crippen molar-refractivity contribution in [2.45, 2.75) is 38.3 Å². The highest BCUT2D eigenvalue weighted by Crippen LogP contribution is 2.14. The number of hydrogen-bond donors (Lipinski definition) is 3. The molecule has 2 rings (SSSR count). The highest BCUT2D eigenvalue weighted by molar-refractivity contribution is 5.82. The van der Waals surface area contributed by atoms with Crippen molar-refractivity contribution < 1.29 is 46.9 Å². The van der Waals surface area contributed by atoms with E-state index in [1.165, 1.54) is 4.90 Å². The molecule has 5 N–H and O–H groups in total. The molecule has 37 heavy (non-hydrogen) atoms. The fourth-order valence-electron chi connectivity index (χ4n) is 2.82. The minimum atomic E-state index is -5.08. The molecule has 0 spiro atoms. The van der Waals surface area contributed by atoms with Gasteiger partial charge in [-0.05, 0) is 17.5 Å². The third-order valence-corrected chi connectivity index (χ3v) is 4.59. The second kappa shape index (κ2) is 15.8. The van der Waals surface area contributed by atoms with Crippen molar-refractivity contribution in [1.29, 1.82) is 0 Å². The number of esters is 1. The Bertz CT molecular complexity index is 1010. The highest BCUT2D eigenvalue weighted by atomic mass is 19.4. The second-order valence-electron chi connectivity index (χ2n) is 7.44. The molecular formula is C24H28F3N3O7. The van der Waals surface area contributed by atoms with E-state index in [0.29, 0.717) is 0 Å². The molecular weight excluding hydrogens is 499 g/mol. The number of primary amides is 1. The summed E-state index contributed by atoms with van der Waals surface area (Å²) in [6.45, 7) is 0.265. The summed E-state index contributed by atoms with van der Waals surface area (Å²) in [4.78, 5) is 46.8. The van der Waals surface area contributed by atoms with Crippen LogP contribution in [0.25, 0.3) is 0 Å². The quantitative estimate of drug-likeness (QED) is 0.376. The van der Waals surface area contributed by atoms with Gasteiger partial charge < -0.3 is 26.0 Å². The average Bonchev–Trinajstić information content (AvgIpc) is 2.86. The van der Waals surface area contributed by atoms with Gasteiger partial charge in [0.25, 0.3) is 0 Å². The number of nitrogens with zero attached hydrogens (tertiary/aromatic N) is 1. The van der Waals surface area contributed by atoms with Crippen molar-refractivity contribution in [2.24, 2.45) is 11.5 Å². The lowest BCUT2D eigenvalue weighted by molar-refractivity contribution is -0.192. The Hall–Kier alpha value is -4.13. The van der Waals surface area contributed by atoms with E-state index in [-0.39, 0.29) is 39.1 Å². The Kier molecular flexibility index (Phi) is 13.2. The van der Waals surface area contributed by atoms with E-state index >= 15 is 0 Å². The highest BCUT2D eigenvalue weighted by Gasteiger charge is 2.38. The summed E-state index contributed by atoms with van der Waals surface area (Å²) in [5.74, 6) is -3.99. The molecule has 0 heterocycles. The molecule has 1 unspecified atom stereocenters. The van der Waals surface area contributed by atoms with Crippen LogP contribution in [0.3, 0.4) is 0 Å². The Morgan fingerprint density at radius 2 is 1.35 bits per heavy atom. The van der Waals surface area contributed by atoms with Gasteiger partial charge in [-0.15, -0.1) is 0 Å². The number of ether oxygens (including phenoxy) is 2. The zero-order valence-corrected chi connectivity index (χ0v) is 19.7. The summed E-state index contributed by atoms with van der Waals surface area (Å²) in [5.41, 5.74) is 12.5. The summed E-state index contributed by atoms with van der Waals surface area (Å²) in [6, 6.07) is 17.3. The standard InChI is InChI=1S/C22H27N3O5.C2HF3O2/c23-13-14-25(22(28)30-16-18-9-5-2-6-10-18)19(11-12-20(24)26)21(27)29-15-17-7-3-1-4-8-17;3-2(4,5)1(6)7/h1-10,19H,11-16,23H2,(H2,24,26);(H,6,7). The van der Waals surface area contributed by atoms with Crippen LogP contribution in [0.15, 0.2) is 60.7 Å². The molecule has 13 heteroatoms. The molecule has 0 aliphatic heterocycles. The van der Waals surface area contributed by atoms with Crippen molar-refractivity contribution in [3.63, 3.8) is 0 Å². The Morgan fingerprint density at radius 3 is 1.76 bits per heavy atom. The number of alkyl halides is 3. The topological polar surface area (TPSA) is 162 Å². The van der Waals surface area contributed by atoms with Crippen molar-refractivity contribution in [1.82, 2.24) is 4.90 Å². The first-order valence-electron chi connectivity index (χ1n) is 10.9. The maximum Gasteiger partial charge on any atom is 0.490 e. The molecule has 2 amide bonds. The molecule has 0 fully saturated rings. The van der Waals surface area contributed by atoms with Gasteiger partial charge in [-0.2, -0.15) is 13.2 Å². The Morgan fingerprint density at radius 1 is 0.892 bits per heavy atom. The number of carbonyl (C=O) groups excluding carboxylic acids is 3. The third kappa shape index (κ3) is 12.4. The number of nitrogens with two attached hydrogens (primary N) is 2. The van der Waals surface area contributed by atoms with Crippen LogP contribution in [0.5, 0.6) is 0 Å². The predicted octanol–water partition coefficient (Wildman–Crippen LogP) is 2.59. The molecule has 0 saturated carbocycles. The SMILES string of the molecule is NCCN(C(=O)OCc1ccccc1)C(CCC(N)=O)C(=O)OCc1ccccc1.O=C(O)C(F)(F)F. The van der Waals surface area contributed by atoms with Gasteiger partial charge in [0.15, 0.2) is 0 Å². The number of halogens is 3. The second-order valence-corrected chi connectivity index (χ2v) is 7.44. The van der Waals surface area contributed by atoms with Gasteiger partial charge in [-0.25, -0.2) is 14.4 Å². The lowest BCUT2D eigenvalue weighted by atomic mass is 10.1. The molecule has 0 saturated heterocycles. The van der Waals surface area contributed by atoms with E-state index in [1.807, 2.05) is 60.7 Å². The first-order valence-corrected chi connectivity index (χ1v) is 10.9. The minimum absolute atomic E-state index is 0.0173. The number of hydrogen-bond acceptors (Lipinski definition) is 7. The van der Waals surface area contributed by atoms with E-state index in [2.05, 4.69) is 0 Å². The number of carbonyl (C=O) groups is 4. The van der Waals surface area contributed by atoms with Crippen LogP contribution in [0.1, 0.15) is 24.0 Å². The molecule has 2 aromatic carbocycles. The van der Waals surface area contributed by atoms with Crippen LogP contribution in [-0.2, 0) is 37.1 Å². The first kappa shape index (κ1) is 30.9. The molecule has 2 aromatic rings. The summed E-state index contributed by atoms with van der Waals surface area (Å²) >= 11 is 0. The zero-order valence-electron chi connectivity index (χ0n) is 19.7. The van der Waals surface area contributed by atoms with Gasteiger partial charge in [0.05, 0.1) is 0 Å². The summed E-state index contributed by atoms with van der Waals surface area (Å²) in [5, 5.41) is 7.12. The number of benzene rings is 2. The van der Waals surface area contributed by atoms with Gasteiger partial charge >= 0.3 is 24.2 Å². The van der Waals surface area contributed by atoms with E-state index in [0.717, 1.165) is 11.1 Å². The summed E-state index contributed by atoms with van der Waals surface area (Å²) in [6.07, 6.45) is -5.86. The number of aliphatic carboxylic acids is 1. The fraction of sp³-hybridized carbons (Fsp3) is 0.333. The number of carboxylic acids is 1. The van der Waals surface area contributed by atoms with E-state index in [9.17, 15) is 27.6 Å². The molecule has 0 aliphatic carbocycles. The molecule has 0 bridgehead atoms. The zero-order chi connectivity index (χ0) is 27.8. The maximum absolute atomic E-state index is 12.8. The van der Waals surface area contributed by atoms with Gasteiger partial charge in [0.1, 0.15) is 19.3 Å². The van der Waals surface area contributed by atoms with Crippen LogP contribution in [0.2, 0.25) is 0 Å². The van der Waals surface area contributed by atoms with Crippen LogP contribution >= 0.6 is 0 Å². The molecule has 202 valence electrons. The smallest absolute Gasteiger partial charge is 0.475 e. The third-order valence-electron chi connectivity index (χ3n) is 4.59. The first-order chi connectivity index (χ1) is 17.5. The number of rotatable bonds is 11.